The predicted octanol–water partition coefficient (Wildman–Crippen LogP) is 2.55. The number of anilines is 1. The maximum Gasteiger partial charge on any atom is 0.232 e. The molecule has 1 N–H and O–H groups in total. The van der Waals surface area contributed by atoms with E-state index in [4.69, 9.17) is 11.6 Å². The van der Waals surface area contributed by atoms with Crippen LogP contribution in [0.1, 0.15) is 32.1 Å². The first kappa shape index (κ1) is 17.1. The molecule has 0 atom stereocenters. The van der Waals surface area contributed by atoms with Gasteiger partial charge in [-0.25, -0.2) is 8.42 Å². The molecular formula is C15H21ClN2O3S. The van der Waals surface area contributed by atoms with Crippen molar-refractivity contribution in [3.63, 3.8) is 0 Å². The lowest BCUT2D eigenvalue weighted by molar-refractivity contribution is -0.121. The number of amides is 1. The summed E-state index contributed by atoms with van der Waals surface area (Å²) in [5, 5.41) is 3.31. The van der Waals surface area contributed by atoms with Crippen LogP contribution in [0, 0.1) is 0 Å². The summed E-state index contributed by atoms with van der Waals surface area (Å²) in [4.78, 5) is 12.0. The van der Waals surface area contributed by atoms with E-state index in [0.29, 0.717) is 10.7 Å². The van der Waals surface area contributed by atoms with Gasteiger partial charge in [0.2, 0.25) is 15.9 Å². The van der Waals surface area contributed by atoms with Crippen molar-refractivity contribution in [1.29, 1.82) is 0 Å². The Labute approximate surface area is 136 Å². The van der Waals surface area contributed by atoms with Crippen LogP contribution in [0.25, 0.3) is 0 Å². The molecule has 0 aromatic heterocycles. The SMILES string of the molecule is CS(=O)(=O)N(CCC(=O)NC1CCCC1)c1ccccc1Cl. The van der Waals surface area contributed by atoms with Crippen LogP contribution >= 0.6 is 11.6 Å². The Morgan fingerprint density at radius 3 is 2.55 bits per heavy atom. The van der Waals surface area contributed by atoms with Crippen molar-refractivity contribution in [2.45, 2.75) is 38.1 Å². The number of benzene rings is 1. The summed E-state index contributed by atoms with van der Waals surface area (Å²) < 4.78 is 25.1. The van der Waals surface area contributed by atoms with E-state index in [1.54, 1.807) is 24.3 Å². The van der Waals surface area contributed by atoms with Crippen molar-refractivity contribution in [3.05, 3.63) is 29.3 Å². The van der Waals surface area contributed by atoms with Gasteiger partial charge in [-0.3, -0.25) is 9.10 Å². The molecule has 1 fully saturated rings. The van der Waals surface area contributed by atoms with Gasteiger partial charge in [-0.1, -0.05) is 36.6 Å². The first-order chi connectivity index (χ1) is 10.4. The second kappa shape index (κ2) is 7.33. The smallest absolute Gasteiger partial charge is 0.232 e. The molecule has 1 aromatic rings. The van der Waals surface area contributed by atoms with Crippen molar-refractivity contribution >= 4 is 33.2 Å². The van der Waals surface area contributed by atoms with Crippen LogP contribution in [-0.2, 0) is 14.8 Å². The van der Waals surface area contributed by atoms with Crippen LogP contribution in [0.3, 0.4) is 0 Å². The molecule has 1 saturated carbocycles. The quantitative estimate of drug-likeness (QED) is 0.862. The van der Waals surface area contributed by atoms with Gasteiger partial charge in [-0.15, -0.1) is 0 Å². The molecule has 0 radical (unpaired) electrons. The Kier molecular flexibility index (Phi) is 5.69. The van der Waals surface area contributed by atoms with E-state index in [-0.39, 0.29) is 24.9 Å². The first-order valence-corrected chi connectivity index (χ1v) is 9.62. The zero-order valence-electron chi connectivity index (χ0n) is 12.6. The number of para-hydroxylation sites is 1. The number of sulfonamides is 1. The number of hydrogen-bond donors (Lipinski definition) is 1. The third kappa shape index (κ3) is 4.61. The molecule has 0 aliphatic heterocycles. The van der Waals surface area contributed by atoms with Crippen LogP contribution in [-0.4, -0.2) is 33.2 Å². The maximum absolute atomic E-state index is 12.0. The molecule has 22 heavy (non-hydrogen) atoms. The standard InChI is InChI=1S/C15H21ClN2O3S/c1-22(20,21)18(14-9-5-4-8-13(14)16)11-10-15(19)17-12-6-2-3-7-12/h4-5,8-9,12H,2-3,6-7,10-11H2,1H3,(H,17,19). The summed E-state index contributed by atoms with van der Waals surface area (Å²) in [5.41, 5.74) is 0.403. The van der Waals surface area contributed by atoms with Crippen molar-refractivity contribution in [2.75, 3.05) is 17.1 Å². The van der Waals surface area contributed by atoms with E-state index in [2.05, 4.69) is 5.32 Å². The van der Waals surface area contributed by atoms with Crippen LogP contribution in [0.4, 0.5) is 5.69 Å². The number of halogens is 1. The van der Waals surface area contributed by atoms with Gasteiger partial charge in [-0.05, 0) is 25.0 Å². The van der Waals surface area contributed by atoms with E-state index in [0.717, 1.165) is 31.9 Å². The lowest BCUT2D eigenvalue weighted by atomic mass is 10.2. The minimum Gasteiger partial charge on any atom is -0.353 e. The van der Waals surface area contributed by atoms with Crippen LogP contribution < -0.4 is 9.62 Å². The number of rotatable bonds is 6. The summed E-state index contributed by atoms with van der Waals surface area (Å²) in [6, 6.07) is 6.96. The lowest BCUT2D eigenvalue weighted by Gasteiger charge is -2.23. The van der Waals surface area contributed by atoms with Crippen molar-refractivity contribution < 1.29 is 13.2 Å². The zero-order valence-corrected chi connectivity index (χ0v) is 14.2. The molecule has 1 aromatic carbocycles. The number of carbonyl (C=O) groups is 1. The van der Waals surface area contributed by atoms with E-state index >= 15 is 0 Å². The molecule has 5 nitrogen and oxygen atoms in total. The summed E-state index contributed by atoms with van der Waals surface area (Å²) in [6.07, 6.45) is 5.53. The van der Waals surface area contributed by atoms with E-state index in [1.807, 2.05) is 0 Å². The third-order valence-electron chi connectivity index (χ3n) is 3.78. The molecule has 1 aliphatic rings. The van der Waals surface area contributed by atoms with Crippen molar-refractivity contribution in [1.82, 2.24) is 5.32 Å². The van der Waals surface area contributed by atoms with Gasteiger partial charge in [0.05, 0.1) is 17.0 Å². The first-order valence-electron chi connectivity index (χ1n) is 7.39. The van der Waals surface area contributed by atoms with Gasteiger partial charge in [0.15, 0.2) is 0 Å². The molecule has 2 rings (SSSR count). The highest BCUT2D eigenvalue weighted by molar-refractivity contribution is 7.92. The highest BCUT2D eigenvalue weighted by Gasteiger charge is 2.22. The molecule has 7 heteroatoms. The largest absolute Gasteiger partial charge is 0.353 e. The molecule has 1 aliphatic carbocycles. The van der Waals surface area contributed by atoms with E-state index in [9.17, 15) is 13.2 Å². The molecule has 0 saturated heterocycles. The fourth-order valence-corrected chi connectivity index (χ4v) is 3.92. The zero-order chi connectivity index (χ0) is 16.2. The molecule has 0 bridgehead atoms. The summed E-state index contributed by atoms with van der Waals surface area (Å²) in [6.45, 7) is 0.0844. The molecule has 0 heterocycles. The van der Waals surface area contributed by atoms with Gasteiger partial charge in [0.1, 0.15) is 0 Å². The average Bonchev–Trinajstić information content (AvgIpc) is 2.92. The predicted molar refractivity (Wildman–Crippen MR) is 88.7 cm³/mol. The highest BCUT2D eigenvalue weighted by atomic mass is 35.5. The summed E-state index contributed by atoms with van der Waals surface area (Å²) >= 11 is 6.07. The van der Waals surface area contributed by atoms with Gasteiger partial charge in [-0.2, -0.15) is 0 Å². The minimum atomic E-state index is -3.49. The third-order valence-corrected chi connectivity index (χ3v) is 5.28. The van der Waals surface area contributed by atoms with Gasteiger partial charge in [0, 0.05) is 19.0 Å². The topological polar surface area (TPSA) is 66.5 Å². The number of nitrogens with one attached hydrogen (secondary N) is 1. The van der Waals surface area contributed by atoms with Crippen LogP contribution in [0.15, 0.2) is 24.3 Å². The van der Waals surface area contributed by atoms with Crippen molar-refractivity contribution in [3.8, 4) is 0 Å². The Hall–Kier alpha value is -1.27. The normalized spacial score (nSPS) is 15.7. The Bertz CT molecular complexity index is 627. The van der Waals surface area contributed by atoms with E-state index < -0.39 is 10.0 Å². The lowest BCUT2D eigenvalue weighted by Crippen LogP contribution is -2.37. The molecular weight excluding hydrogens is 324 g/mol. The Morgan fingerprint density at radius 1 is 1.32 bits per heavy atom. The monoisotopic (exact) mass is 344 g/mol. The van der Waals surface area contributed by atoms with Crippen LogP contribution in [0.2, 0.25) is 5.02 Å². The number of hydrogen-bond acceptors (Lipinski definition) is 3. The maximum atomic E-state index is 12.0. The average molecular weight is 345 g/mol. The highest BCUT2D eigenvalue weighted by Crippen LogP contribution is 2.27. The van der Waals surface area contributed by atoms with E-state index in [1.165, 1.54) is 4.31 Å². The molecule has 0 spiro atoms. The Morgan fingerprint density at radius 2 is 1.95 bits per heavy atom. The number of carbonyl (C=O) groups excluding carboxylic acids is 1. The minimum absolute atomic E-state index is 0.0844. The number of nitrogens with zero attached hydrogens (tertiary/aromatic N) is 1. The second-order valence-electron chi connectivity index (χ2n) is 5.59. The summed E-state index contributed by atoms with van der Waals surface area (Å²) in [5.74, 6) is -0.118. The summed E-state index contributed by atoms with van der Waals surface area (Å²) in [7, 11) is -3.49. The van der Waals surface area contributed by atoms with Gasteiger partial charge < -0.3 is 5.32 Å². The fourth-order valence-electron chi connectivity index (χ4n) is 2.69. The van der Waals surface area contributed by atoms with Crippen molar-refractivity contribution in [2.24, 2.45) is 0 Å². The molecule has 1 amide bonds. The molecule has 0 unspecified atom stereocenters. The second-order valence-corrected chi connectivity index (χ2v) is 7.90. The van der Waals surface area contributed by atoms with Gasteiger partial charge >= 0.3 is 0 Å². The molecule has 122 valence electrons. The van der Waals surface area contributed by atoms with Crippen LogP contribution in [0.5, 0.6) is 0 Å². The Balaban J connectivity index is 2.02. The fraction of sp³-hybridized carbons (Fsp3) is 0.533. The van der Waals surface area contributed by atoms with Gasteiger partial charge in [0.25, 0.3) is 0 Å².